The van der Waals surface area contributed by atoms with Crippen LogP contribution in [0.15, 0.2) is 18.2 Å². The number of hydrogen-bond acceptors (Lipinski definition) is 2. The molecule has 0 amide bonds. The number of benzene rings is 1. The molecule has 1 saturated carbocycles. The van der Waals surface area contributed by atoms with Gasteiger partial charge in [0.1, 0.15) is 0 Å². The molecule has 1 aromatic rings. The van der Waals surface area contributed by atoms with E-state index in [1.165, 1.54) is 42.4 Å². The summed E-state index contributed by atoms with van der Waals surface area (Å²) < 4.78 is 5.51. The lowest BCUT2D eigenvalue weighted by molar-refractivity contribution is 0.134. The van der Waals surface area contributed by atoms with Crippen molar-refractivity contribution in [3.8, 4) is 0 Å². The third kappa shape index (κ3) is 3.17. The molecular formula is C19H29NO. The first-order valence-electron chi connectivity index (χ1n) is 8.40. The highest BCUT2D eigenvalue weighted by atomic mass is 16.5. The van der Waals surface area contributed by atoms with E-state index in [9.17, 15) is 0 Å². The molecule has 0 saturated heterocycles. The average molecular weight is 287 g/mol. The zero-order valence-electron chi connectivity index (χ0n) is 13.7. The number of ether oxygens (including phenoxy) is 1. The van der Waals surface area contributed by atoms with E-state index in [1.54, 1.807) is 0 Å². The van der Waals surface area contributed by atoms with Gasteiger partial charge in [0.2, 0.25) is 0 Å². The molecule has 0 spiro atoms. The normalized spacial score (nSPS) is 27.4. The van der Waals surface area contributed by atoms with Crippen molar-refractivity contribution in [3.05, 3.63) is 34.9 Å². The molecule has 2 aliphatic rings. The van der Waals surface area contributed by atoms with E-state index in [1.807, 2.05) is 0 Å². The van der Waals surface area contributed by atoms with Crippen LogP contribution in [0.2, 0.25) is 0 Å². The van der Waals surface area contributed by atoms with E-state index in [2.05, 4.69) is 39.0 Å². The third-order valence-electron chi connectivity index (χ3n) is 5.63. The second-order valence-corrected chi connectivity index (χ2v) is 8.02. The van der Waals surface area contributed by atoms with Crippen LogP contribution < -0.4 is 5.73 Å². The molecule has 3 rings (SSSR count). The van der Waals surface area contributed by atoms with E-state index in [4.69, 9.17) is 10.5 Å². The summed E-state index contributed by atoms with van der Waals surface area (Å²) >= 11 is 0. The van der Waals surface area contributed by atoms with Crippen molar-refractivity contribution in [2.45, 2.75) is 65.7 Å². The smallest absolute Gasteiger partial charge is 0.0725 e. The van der Waals surface area contributed by atoms with Crippen molar-refractivity contribution in [2.24, 2.45) is 23.0 Å². The van der Waals surface area contributed by atoms with Gasteiger partial charge < -0.3 is 10.5 Å². The average Bonchev–Trinajstić information content (AvgIpc) is 2.93. The quantitative estimate of drug-likeness (QED) is 0.864. The van der Waals surface area contributed by atoms with Crippen molar-refractivity contribution < 1.29 is 4.74 Å². The van der Waals surface area contributed by atoms with Gasteiger partial charge in [0.15, 0.2) is 0 Å². The lowest BCUT2D eigenvalue weighted by Crippen LogP contribution is -2.30. The molecule has 1 aromatic carbocycles. The minimum absolute atomic E-state index is 0.191. The molecule has 2 heteroatoms. The van der Waals surface area contributed by atoms with Crippen molar-refractivity contribution in [3.63, 3.8) is 0 Å². The van der Waals surface area contributed by atoms with Crippen LogP contribution in [-0.4, -0.2) is 0 Å². The maximum atomic E-state index is 6.58. The zero-order valence-corrected chi connectivity index (χ0v) is 13.7. The number of hydrogen-bond donors (Lipinski definition) is 1. The van der Waals surface area contributed by atoms with E-state index in [-0.39, 0.29) is 6.04 Å². The van der Waals surface area contributed by atoms with E-state index >= 15 is 0 Å². The molecule has 2 nitrogen and oxygen atoms in total. The molecule has 0 bridgehead atoms. The van der Waals surface area contributed by atoms with Gasteiger partial charge in [-0.15, -0.1) is 0 Å². The first-order chi connectivity index (χ1) is 9.95. The molecule has 1 aliphatic carbocycles. The predicted molar refractivity (Wildman–Crippen MR) is 86.8 cm³/mol. The van der Waals surface area contributed by atoms with Gasteiger partial charge >= 0.3 is 0 Å². The van der Waals surface area contributed by atoms with Crippen LogP contribution in [0.4, 0.5) is 0 Å². The first-order valence-corrected chi connectivity index (χ1v) is 8.40. The Morgan fingerprint density at radius 3 is 2.38 bits per heavy atom. The van der Waals surface area contributed by atoms with Gasteiger partial charge in [-0.25, -0.2) is 0 Å². The van der Waals surface area contributed by atoms with Crippen LogP contribution >= 0.6 is 0 Å². The van der Waals surface area contributed by atoms with Gasteiger partial charge in [0.25, 0.3) is 0 Å². The third-order valence-corrected chi connectivity index (χ3v) is 5.63. The summed E-state index contributed by atoms with van der Waals surface area (Å²) in [4.78, 5) is 0. The Labute approximate surface area is 129 Å². The molecule has 1 fully saturated rings. The van der Waals surface area contributed by atoms with Crippen LogP contribution in [0.1, 0.15) is 69.2 Å². The molecule has 1 heterocycles. The lowest BCUT2D eigenvalue weighted by atomic mass is 9.68. The van der Waals surface area contributed by atoms with Gasteiger partial charge in [0, 0.05) is 6.04 Å². The molecule has 116 valence electrons. The fraction of sp³-hybridized carbons (Fsp3) is 0.684. The number of fused-ring (bicyclic) bond motifs is 1. The predicted octanol–water partition coefficient (Wildman–Crippen LogP) is 4.57. The van der Waals surface area contributed by atoms with Gasteiger partial charge in [-0.3, -0.25) is 0 Å². The standard InChI is InChI=1S/C19H29NO/c1-19(2,3)17-8-6-13(7-9-17)18(20)14-4-5-15-11-21-12-16(15)10-14/h4-5,10,13,17-18H,6-9,11-12,20H2,1-3H3. The van der Waals surface area contributed by atoms with Crippen LogP contribution in [0.5, 0.6) is 0 Å². The van der Waals surface area contributed by atoms with Gasteiger partial charge in [-0.2, -0.15) is 0 Å². The maximum Gasteiger partial charge on any atom is 0.0725 e. The Bertz CT molecular complexity index is 495. The van der Waals surface area contributed by atoms with Gasteiger partial charge in [-0.05, 0) is 59.6 Å². The fourth-order valence-electron chi connectivity index (χ4n) is 4.02. The van der Waals surface area contributed by atoms with Crippen molar-refractivity contribution in [1.29, 1.82) is 0 Å². The van der Waals surface area contributed by atoms with Crippen LogP contribution in [-0.2, 0) is 18.0 Å². The maximum absolute atomic E-state index is 6.58. The molecule has 1 atom stereocenters. The topological polar surface area (TPSA) is 35.2 Å². The minimum atomic E-state index is 0.191. The molecule has 2 N–H and O–H groups in total. The summed E-state index contributed by atoms with van der Waals surface area (Å²) in [6.07, 6.45) is 5.21. The van der Waals surface area contributed by atoms with E-state index < -0.39 is 0 Å². The highest BCUT2D eigenvalue weighted by Gasteiger charge is 2.32. The largest absolute Gasteiger partial charge is 0.372 e. The Kier molecular flexibility index (Phi) is 4.11. The van der Waals surface area contributed by atoms with Crippen molar-refractivity contribution in [2.75, 3.05) is 0 Å². The van der Waals surface area contributed by atoms with Crippen molar-refractivity contribution >= 4 is 0 Å². The summed E-state index contributed by atoms with van der Waals surface area (Å²) in [6.45, 7) is 8.64. The second-order valence-electron chi connectivity index (χ2n) is 8.02. The molecule has 21 heavy (non-hydrogen) atoms. The zero-order chi connectivity index (χ0) is 15.0. The summed E-state index contributed by atoms with van der Waals surface area (Å²) in [7, 11) is 0. The summed E-state index contributed by atoms with van der Waals surface area (Å²) in [6, 6.07) is 6.90. The monoisotopic (exact) mass is 287 g/mol. The second kappa shape index (κ2) is 5.73. The van der Waals surface area contributed by atoms with Crippen LogP contribution in [0.25, 0.3) is 0 Å². The molecule has 0 radical (unpaired) electrons. The van der Waals surface area contributed by atoms with Gasteiger partial charge in [0.05, 0.1) is 13.2 Å². The summed E-state index contributed by atoms with van der Waals surface area (Å²) in [5.74, 6) is 1.50. The summed E-state index contributed by atoms with van der Waals surface area (Å²) in [5, 5.41) is 0. The van der Waals surface area contributed by atoms with Crippen molar-refractivity contribution in [1.82, 2.24) is 0 Å². The van der Waals surface area contributed by atoms with Crippen LogP contribution in [0, 0.1) is 17.3 Å². The number of nitrogens with two attached hydrogens (primary N) is 1. The van der Waals surface area contributed by atoms with Gasteiger partial charge in [-0.1, -0.05) is 39.0 Å². The Morgan fingerprint density at radius 2 is 1.71 bits per heavy atom. The first kappa shape index (κ1) is 15.1. The highest BCUT2D eigenvalue weighted by molar-refractivity contribution is 5.34. The summed E-state index contributed by atoms with van der Waals surface area (Å²) in [5.41, 5.74) is 11.0. The van der Waals surface area contributed by atoms with E-state index in [0.29, 0.717) is 11.3 Å². The Balaban J connectivity index is 1.65. The Hall–Kier alpha value is -0.860. The molecular weight excluding hydrogens is 258 g/mol. The van der Waals surface area contributed by atoms with E-state index in [0.717, 1.165) is 19.1 Å². The Morgan fingerprint density at radius 1 is 1.05 bits per heavy atom. The fourth-order valence-corrected chi connectivity index (χ4v) is 4.02. The molecule has 0 aromatic heterocycles. The number of rotatable bonds is 2. The lowest BCUT2D eigenvalue weighted by Gasteiger charge is -2.38. The van der Waals surface area contributed by atoms with Crippen LogP contribution in [0.3, 0.4) is 0 Å². The SMILES string of the molecule is CC(C)(C)C1CCC(C(N)c2ccc3c(c2)COC3)CC1. The molecule has 1 aliphatic heterocycles. The highest BCUT2D eigenvalue weighted by Crippen LogP contribution is 2.43. The molecule has 1 unspecified atom stereocenters. The minimum Gasteiger partial charge on any atom is -0.372 e.